The van der Waals surface area contributed by atoms with Crippen LogP contribution < -0.4 is 5.32 Å². The molecule has 0 aliphatic carbocycles. The minimum Gasteiger partial charge on any atom is -0.456 e. The van der Waals surface area contributed by atoms with E-state index in [2.05, 4.69) is 5.32 Å². The van der Waals surface area contributed by atoms with E-state index in [1.807, 2.05) is 13.0 Å². The molecule has 1 saturated heterocycles. The van der Waals surface area contributed by atoms with Crippen molar-refractivity contribution in [2.45, 2.75) is 38.6 Å². The van der Waals surface area contributed by atoms with Gasteiger partial charge < -0.3 is 10.1 Å². The van der Waals surface area contributed by atoms with E-state index in [1.165, 1.54) is 11.3 Å². The summed E-state index contributed by atoms with van der Waals surface area (Å²) >= 11 is 1.37. The van der Waals surface area contributed by atoms with E-state index in [4.69, 9.17) is 4.74 Å². The minimum absolute atomic E-state index is 0.0242. The van der Waals surface area contributed by atoms with Gasteiger partial charge in [-0.2, -0.15) is 0 Å². The molecule has 9 heteroatoms. The van der Waals surface area contributed by atoms with Crippen LogP contribution in [0.1, 0.15) is 40.7 Å². The minimum atomic E-state index is -3.13. The number of ketones is 1. The van der Waals surface area contributed by atoms with Crippen molar-refractivity contribution in [2.24, 2.45) is 0 Å². The summed E-state index contributed by atoms with van der Waals surface area (Å²) in [5.74, 6) is -1.40. The largest absolute Gasteiger partial charge is 0.456 e. The van der Waals surface area contributed by atoms with E-state index < -0.39 is 33.9 Å². The summed E-state index contributed by atoms with van der Waals surface area (Å²) in [6, 6.07) is 3.56. The van der Waals surface area contributed by atoms with Gasteiger partial charge in [-0.1, -0.05) is 0 Å². The van der Waals surface area contributed by atoms with Gasteiger partial charge in [0.25, 0.3) is 5.91 Å². The van der Waals surface area contributed by atoms with Gasteiger partial charge in [0.05, 0.1) is 28.3 Å². The first-order valence-electron chi connectivity index (χ1n) is 7.85. The molecule has 1 aromatic rings. The monoisotopic (exact) mass is 387 g/mol. The van der Waals surface area contributed by atoms with Crippen molar-refractivity contribution in [3.8, 4) is 0 Å². The van der Waals surface area contributed by atoms with E-state index >= 15 is 0 Å². The molecule has 1 aliphatic rings. The van der Waals surface area contributed by atoms with Crippen LogP contribution in [0.25, 0.3) is 0 Å². The number of Topliss-reactive ketones (excluding diaryl/α,β-unsaturated/α-hetero) is 1. The molecule has 1 fully saturated rings. The van der Waals surface area contributed by atoms with Crippen LogP contribution in [0.2, 0.25) is 0 Å². The van der Waals surface area contributed by atoms with Crippen LogP contribution >= 0.6 is 11.3 Å². The van der Waals surface area contributed by atoms with Gasteiger partial charge >= 0.3 is 5.97 Å². The van der Waals surface area contributed by atoms with Gasteiger partial charge in [-0.05, 0) is 32.4 Å². The zero-order valence-corrected chi connectivity index (χ0v) is 15.8. The van der Waals surface area contributed by atoms with Crippen LogP contribution in [0, 0.1) is 6.92 Å². The Bertz CT molecular complexity index is 782. The molecule has 25 heavy (non-hydrogen) atoms. The molecule has 0 spiro atoms. The molecule has 1 amide bonds. The molecule has 1 atom stereocenters. The maximum absolute atomic E-state index is 11.9. The highest BCUT2D eigenvalue weighted by atomic mass is 32.2. The van der Waals surface area contributed by atoms with Gasteiger partial charge in [-0.25, -0.2) is 8.42 Å². The molecule has 1 N–H and O–H groups in total. The number of esters is 1. The summed E-state index contributed by atoms with van der Waals surface area (Å²) in [5, 5.41) is 2.60. The molecular formula is C16H21NO6S2. The fraction of sp³-hybridized carbons (Fsp3) is 0.562. The highest BCUT2D eigenvalue weighted by molar-refractivity contribution is 7.91. The normalized spacial score (nSPS) is 21.7. The lowest BCUT2D eigenvalue weighted by molar-refractivity contribution is -0.148. The number of carbonyl (C=O) groups is 3. The van der Waals surface area contributed by atoms with Crippen molar-refractivity contribution < 1.29 is 27.5 Å². The second-order valence-electron chi connectivity index (χ2n) is 6.45. The maximum atomic E-state index is 11.9. The zero-order valence-electron chi connectivity index (χ0n) is 14.2. The Morgan fingerprint density at radius 2 is 2.00 bits per heavy atom. The lowest BCUT2D eigenvalue weighted by atomic mass is 10.0. The molecule has 2 rings (SSSR count). The summed E-state index contributed by atoms with van der Waals surface area (Å²) in [5.41, 5.74) is -0.824. The van der Waals surface area contributed by atoms with Crippen LogP contribution in [0.5, 0.6) is 0 Å². The van der Waals surface area contributed by atoms with Gasteiger partial charge in [0, 0.05) is 11.3 Å². The molecule has 7 nitrogen and oxygen atoms in total. The molecule has 1 aliphatic heterocycles. The van der Waals surface area contributed by atoms with E-state index in [9.17, 15) is 22.8 Å². The Morgan fingerprint density at radius 3 is 2.56 bits per heavy atom. The molecule has 0 unspecified atom stereocenters. The third-order valence-electron chi connectivity index (χ3n) is 3.88. The number of thiophene rings is 1. The van der Waals surface area contributed by atoms with Gasteiger partial charge in [-0.15, -0.1) is 11.3 Å². The fourth-order valence-electron chi connectivity index (χ4n) is 2.62. The van der Waals surface area contributed by atoms with Crippen molar-refractivity contribution in [1.82, 2.24) is 5.32 Å². The highest BCUT2D eigenvalue weighted by Crippen LogP contribution is 2.22. The molecule has 0 radical (unpaired) electrons. The van der Waals surface area contributed by atoms with Crippen LogP contribution in [0.3, 0.4) is 0 Å². The first kappa shape index (κ1) is 19.6. The second-order valence-corrected chi connectivity index (χ2v) is 9.92. The lowest BCUT2D eigenvalue weighted by Crippen LogP contribution is -2.48. The lowest BCUT2D eigenvalue weighted by Gasteiger charge is -2.23. The number of hydrogen-bond acceptors (Lipinski definition) is 7. The molecule has 0 saturated carbocycles. The summed E-state index contributed by atoms with van der Waals surface area (Å²) in [4.78, 5) is 37.0. The topological polar surface area (TPSA) is 107 Å². The van der Waals surface area contributed by atoms with Crippen molar-refractivity contribution in [3.05, 3.63) is 21.9 Å². The summed E-state index contributed by atoms with van der Waals surface area (Å²) in [6.45, 7) is 3.06. The number of carbonyl (C=O) groups excluding carboxylic acids is 3. The number of sulfone groups is 1. The third kappa shape index (κ3) is 5.93. The summed E-state index contributed by atoms with van der Waals surface area (Å²) < 4.78 is 27.8. The van der Waals surface area contributed by atoms with Gasteiger partial charge in [0.1, 0.15) is 0 Å². The van der Waals surface area contributed by atoms with Gasteiger partial charge in [-0.3, -0.25) is 14.4 Å². The number of rotatable bonds is 7. The van der Waals surface area contributed by atoms with E-state index in [1.54, 1.807) is 13.0 Å². The van der Waals surface area contributed by atoms with Crippen LogP contribution in [-0.2, 0) is 24.2 Å². The van der Waals surface area contributed by atoms with Crippen molar-refractivity contribution >= 4 is 38.8 Å². The molecule has 1 aromatic heterocycles. The maximum Gasteiger partial charge on any atom is 0.306 e. The predicted octanol–water partition coefficient (Wildman–Crippen LogP) is 1.26. The van der Waals surface area contributed by atoms with Crippen molar-refractivity contribution in [2.75, 3.05) is 18.1 Å². The number of ether oxygens (including phenoxy) is 1. The first-order valence-corrected chi connectivity index (χ1v) is 10.5. The number of hydrogen-bond donors (Lipinski definition) is 1. The van der Waals surface area contributed by atoms with E-state index in [0.717, 1.165) is 4.88 Å². The Labute approximate surface area is 150 Å². The summed E-state index contributed by atoms with van der Waals surface area (Å²) in [7, 11) is -3.13. The number of aryl methyl sites for hydroxylation is 1. The van der Waals surface area contributed by atoms with Crippen molar-refractivity contribution in [3.63, 3.8) is 0 Å². The Hall–Kier alpha value is -1.74. The van der Waals surface area contributed by atoms with Gasteiger partial charge in [0.15, 0.2) is 22.2 Å². The third-order valence-corrected chi connectivity index (χ3v) is 6.82. The van der Waals surface area contributed by atoms with Crippen LogP contribution in [0.4, 0.5) is 0 Å². The van der Waals surface area contributed by atoms with Crippen LogP contribution in [0.15, 0.2) is 12.1 Å². The Kier molecular flexibility index (Phi) is 5.99. The Morgan fingerprint density at radius 1 is 1.28 bits per heavy atom. The molecule has 0 bridgehead atoms. The van der Waals surface area contributed by atoms with Crippen molar-refractivity contribution in [1.29, 1.82) is 0 Å². The molecule has 138 valence electrons. The number of amides is 1. The van der Waals surface area contributed by atoms with E-state index in [0.29, 0.717) is 11.3 Å². The average molecular weight is 387 g/mol. The number of nitrogens with one attached hydrogen (secondary N) is 1. The second kappa shape index (κ2) is 7.65. The standard InChI is InChI=1S/C16H21NO6S2/c1-11-3-5-13(24-11)12(18)4-6-15(20)23-9-14(19)17-16(2)7-8-25(21,22)10-16/h3,5H,4,6-10H2,1-2H3,(H,17,19)/t16-/m0/s1. The zero-order chi connectivity index (χ0) is 18.7. The average Bonchev–Trinajstić information content (AvgIpc) is 3.05. The van der Waals surface area contributed by atoms with E-state index in [-0.39, 0.29) is 30.1 Å². The SMILES string of the molecule is Cc1ccc(C(=O)CCC(=O)OCC(=O)N[C@@]2(C)CCS(=O)(=O)C2)s1. The van der Waals surface area contributed by atoms with Crippen LogP contribution in [-0.4, -0.2) is 49.7 Å². The fourth-order valence-corrected chi connectivity index (χ4v) is 5.55. The first-order chi connectivity index (χ1) is 11.6. The Balaban J connectivity index is 1.71. The van der Waals surface area contributed by atoms with Gasteiger partial charge in [0.2, 0.25) is 0 Å². The smallest absolute Gasteiger partial charge is 0.306 e. The molecule has 2 heterocycles. The predicted molar refractivity (Wildman–Crippen MR) is 93.4 cm³/mol. The quantitative estimate of drug-likeness (QED) is 0.557. The highest BCUT2D eigenvalue weighted by Gasteiger charge is 2.39. The molecular weight excluding hydrogens is 366 g/mol. The molecule has 0 aromatic carbocycles. The summed E-state index contributed by atoms with van der Waals surface area (Å²) in [6.07, 6.45) is 0.259.